The van der Waals surface area contributed by atoms with Crippen molar-refractivity contribution in [1.29, 1.82) is 0 Å². The number of benzene rings is 1. The van der Waals surface area contributed by atoms with E-state index in [9.17, 15) is 0 Å². The minimum absolute atomic E-state index is 0.752. The van der Waals surface area contributed by atoms with Crippen molar-refractivity contribution in [3.8, 4) is 0 Å². The number of halogens is 1. The molecule has 0 heterocycles. The molecule has 1 rings (SSSR count). The summed E-state index contributed by atoms with van der Waals surface area (Å²) in [5.41, 5.74) is 1.09. The van der Waals surface area contributed by atoms with Crippen LogP contribution in [0.3, 0.4) is 0 Å². The third-order valence-corrected chi connectivity index (χ3v) is 2.89. The molecule has 0 N–H and O–H groups in total. The Morgan fingerprint density at radius 2 is 1.73 bits per heavy atom. The Hall–Kier alpha value is -0.733. The van der Waals surface area contributed by atoms with Crippen LogP contribution in [0.15, 0.2) is 30.3 Å². The van der Waals surface area contributed by atoms with Crippen LogP contribution in [0.2, 0.25) is 24.7 Å². The first-order valence-electron chi connectivity index (χ1n) is 5.03. The fraction of sp³-hybridized carbons (Fsp3) is 0.333. The Morgan fingerprint density at radius 1 is 1.20 bits per heavy atom. The van der Waals surface area contributed by atoms with Gasteiger partial charge in [-0.15, -0.1) is 0 Å². The summed E-state index contributed by atoms with van der Waals surface area (Å²) < 4.78 is 5.97. The fourth-order valence-electron chi connectivity index (χ4n) is 1.23. The predicted molar refractivity (Wildman–Crippen MR) is 69.5 cm³/mol. The molecule has 0 aliphatic rings. The minimum Gasteiger partial charge on any atom is -0.544 e. The molecule has 1 aromatic carbocycles. The highest BCUT2D eigenvalue weighted by Crippen LogP contribution is 2.22. The van der Waals surface area contributed by atoms with E-state index in [1.165, 1.54) is 0 Å². The smallest absolute Gasteiger partial charge is 0.242 e. The van der Waals surface area contributed by atoms with Crippen molar-refractivity contribution in [3.05, 3.63) is 40.9 Å². The SMILES string of the molecule is C/C=C(/O[Si](C)(C)C)c1ccc(Cl)cc1. The number of hydrogen-bond acceptors (Lipinski definition) is 1. The van der Waals surface area contributed by atoms with Gasteiger partial charge in [-0.1, -0.05) is 11.6 Å². The van der Waals surface area contributed by atoms with Gasteiger partial charge in [0.1, 0.15) is 5.76 Å². The normalized spacial score (nSPS) is 12.7. The van der Waals surface area contributed by atoms with E-state index in [0.717, 1.165) is 16.3 Å². The Labute approximate surface area is 97.9 Å². The first-order valence-corrected chi connectivity index (χ1v) is 8.82. The second-order valence-corrected chi connectivity index (χ2v) is 9.24. The Bertz CT molecular complexity index is 349. The molecule has 0 unspecified atom stereocenters. The largest absolute Gasteiger partial charge is 0.544 e. The zero-order valence-electron chi connectivity index (χ0n) is 9.67. The molecule has 0 radical (unpaired) electrons. The second kappa shape index (κ2) is 4.86. The summed E-state index contributed by atoms with van der Waals surface area (Å²) in [6.07, 6.45) is 2.00. The quantitative estimate of drug-likeness (QED) is 0.556. The van der Waals surface area contributed by atoms with Gasteiger partial charge in [0, 0.05) is 10.6 Å². The Morgan fingerprint density at radius 3 is 2.13 bits per heavy atom. The van der Waals surface area contributed by atoms with Crippen molar-refractivity contribution in [2.75, 3.05) is 0 Å². The van der Waals surface area contributed by atoms with Gasteiger partial charge in [-0.3, -0.25) is 0 Å². The monoisotopic (exact) mass is 240 g/mol. The lowest BCUT2D eigenvalue weighted by Crippen LogP contribution is -2.24. The maximum absolute atomic E-state index is 5.97. The van der Waals surface area contributed by atoms with Crippen LogP contribution in [0.25, 0.3) is 5.76 Å². The van der Waals surface area contributed by atoms with Crippen LogP contribution < -0.4 is 0 Å². The van der Waals surface area contributed by atoms with Crippen LogP contribution in [0.4, 0.5) is 0 Å². The fourth-order valence-corrected chi connectivity index (χ4v) is 2.25. The molecule has 0 fully saturated rings. The number of rotatable bonds is 3. The van der Waals surface area contributed by atoms with E-state index >= 15 is 0 Å². The standard InChI is InChI=1S/C12H17ClOSi/c1-5-12(14-15(2,3)4)10-6-8-11(13)9-7-10/h5-9H,1-4H3/b12-5+. The van der Waals surface area contributed by atoms with Crippen molar-refractivity contribution in [3.63, 3.8) is 0 Å². The maximum Gasteiger partial charge on any atom is 0.242 e. The van der Waals surface area contributed by atoms with Crippen LogP contribution in [0.1, 0.15) is 12.5 Å². The van der Waals surface area contributed by atoms with Gasteiger partial charge in [0.25, 0.3) is 0 Å². The molecule has 82 valence electrons. The highest BCUT2D eigenvalue weighted by atomic mass is 35.5. The van der Waals surface area contributed by atoms with Crippen molar-refractivity contribution >= 4 is 25.7 Å². The van der Waals surface area contributed by atoms with Gasteiger partial charge in [0.2, 0.25) is 8.32 Å². The highest BCUT2D eigenvalue weighted by molar-refractivity contribution is 6.70. The number of allylic oxidation sites excluding steroid dienone is 1. The molecule has 15 heavy (non-hydrogen) atoms. The van der Waals surface area contributed by atoms with Gasteiger partial charge in [0.15, 0.2) is 0 Å². The molecule has 0 saturated heterocycles. The molecular weight excluding hydrogens is 224 g/mol. The van der Waals surface area contributed by atoms with Crippen LogP contribution in [0, 0.1) is 0 Å². The van der Waals surface area contributed by atoms with E-state index in [-0.39, 0.29) is 0 Å². The van der Waals surface area contributed by atoms with Gasteiger partial charge in [-0.2, -0.15) is 0 Å². The summed E-state index contributed by atoms with van der Waals surface area (Å²) in [7, 11) is -1.54. The number of hydrogen-bond donors (Lipinski definition) is 0. The average molecular weight is 241 g/mol. The molecule has 3 heteroatoms. The molecular formula is C12H17ClOSi. The van der Waals surface area contributed by atoms with E-state index < -0.39 is 8.32 Å². The van der Waals surface area contributed by atoms with Crippen LogP contribution >= 0.6 is 11.6 Å². The molecule has 0 amide bonds. The van der Waals surface area contributed by atoms with Gasteiger partial charge in [-0.05, 0) is 56.9 Å². The van der Waals surface area contributed by atoms with Crippen LogP contribution in [-0.2, 0) is 4.43 Å². The average Bonchev–Trinajstić information content (AvgIpc) is 2.14. The van der Waals surface area contributed by atoms with Crippen molar-refractivity contribution in [2.24, 2.45) is 0 Å². The molecule has 0 aromatic heterocycles. The van der Waals surface area contributed by atoms with Crippen molar-refractivity contribution in [1.82, 2.24) is 0 Å². The third-order valence-electron chi connectivity index (χ3n) is 1.81. The summed E-state index contributed by atoms with van der Waals surface area (Å²) in [4.78, 5) is 0. The zero-order valence-corrected chi connectivity index (χ0v) is 11.4. The summed E-state index contributed by atoms with van der Waals surface area (Å²) >= 11 is 5.84. The zero-order chi connectivity index (χ0) is 11.5. The molecule has 1 aromatic rings. The topological polar surface area (TPSA) is 9.23 Å². The molecule has 0 spiro atoms. The molecule has 0 aliphatic heterocycles. The lowest BCUT2D eigenvalue weighted by atomic mass is 10.2. The van der Waals surface area contributed by atoms with Crippen molar-refractivity contribution < 1.29 is 4.43 Å². The maximum atomic E-state index is 5.97. The summed E-state index contributed by atoms with van der Waals surface area (Å²) in [5, 5.41) is 0.752. The minimum atomic E-state index is -1.54. The lowest BCUT2D eigenvalue weighted by Gasteiger charge is -2.21. The predicted octanol–water partition coefficient (Wildman–Crippen LogP) is 4.55. The summed E-state index contributed by atoms with van der Waals surface area (Å²) in [6, 6.07) is 7.73. The molecule has 0 saturated carbocycles. The first-order chi connectivity index (χ1) is 6.92. The van der Waals surface area contributed by atoms with E-state index in [2.05, 4.69) is 19.6 Å². The van der Waals surface area contributed by atoms with E-state index in [1.807, 2.05) is 37.3 Å². The molecule has 0 atom stereocenters. The van der Waals surface area contributed by atoms with Gasteiger partial charge in [-0.25, -0.2) is 0 Å². The molecule has 0 bridgehead atoms. The van der Waals surface area contributed by atoms with Gasteiger partial charge < -0.3 is 4.43 Å². The highest BCUT2D eigenvalue weighted by Gasteiger charge is 2.17. The second-order valence-electron chi connectivity index (χ2n) is 4.37. The van der Waals surface area contributed by atoms with E-state index in [4.69, 9.17) is 16.0 Å². The Balaban J connectivity index is 2.90. The molecule has 1 nitrogen and oxygen atoms in total. The van der Waals surface area contributed by atoms with Crippen LogP contribution in [0.5, 0.6) is 0 Å². The first kappa shape index (κ1) is 12.3. The third kappa shape index (κ3) is 4.10. The van der Waals surface area contributed by atoms with E-state index in [1.54, 1.807) is 0 Å². The Kier molecular flexibility index (Phi) is 4.00. The lowest BCUT2D eigenvalue weighted by molar-refractivity contribution is 0.513. The summed E-state index contributed by atoms with van der Waals surface area (Å²) in [5.74, 6) is 0.950. The van der Waals surface area contributed by atoms with Crippen LogP contribution in [-0.4, -0.2) is 8.32 Å². The molecule has 0 aliphatic carbocycles. The van der Waals surface area contributed by atoms with E-state index in [0.29, 0.717) is 0 Å². The summed E-state index contributed by atoms with van der Waals surface area (Å²) in [6.45, 7) is 8.51. The van der Waals surface area contributed by atoms with Gasteiger partial charge in [0.05, 0.1) is 0 Å². The van der Waals surface area contributed by atoms with Gasteiger partial charge >= 0.3 is 0 Å². The van der Waals surface area contributed by atoms with Crippen molar-refractivity contribution in [2.45, 2.75) is 26.6 Å².